The van der Waals surface area contributed by atoms with E-state index in [1.165, 1.54) is 4.90 Å². The molecular weight excluding hydrogens is 306 g/mol. The number of halogens is 4. The number of fused-ring (bicyclic) bond motifs is 2. The van der Waals surface area contributed by atoms with Crippen molar-refractivity contribution in [2.75, 3.05) is 11.9 Å². The van der Waals surface area contributed by atoms with Gasteiger partial charge in [0.05, 0.1) is 11.6 Å². The summed E-state index contributed by atoms with van der Waals surface area (Å²) in [5.41, 5.74) is -1.16. The van der Waals surface area contributed by atoms with E-state index < -0.39 is 23.7 Å². The van der Waals surface area contributed by atoms with Crippen molar-refractivity contribution in [2.45, 2.75) is 31.1 Å². The standard InChI is InChI=1S/C13H13F4N3O2/c14-8-3-7(13(15,16)17)4-18-11(8)19-9-1-6-2-10(9)20(5-6)12(21)22/h3-4,6,9-10H,1-2,5H2,(H,18,19)(H,21,22). The molecule has 1 aliphatic carbocycles. The van der Waals surface area contributed by atoms with Crippen LogP contribution in [0.25, 0.3) is 0 Å². The van der Waals surface area contributed by atoms with Gasteiger partial charge in [0.25, 0.3) is 0 Å². The molecule has 2 bridgehead atoms. The van der Waals surface area contributed by atoms with E-state index in [1.807, 2.05) is 0 Å². The normalized spacial score (nSPS) is 27.3. The van der Waals surface area contributed by atoms with Crippen molar-refractivity contribution in [2.24, 2.45) is 5.92 Å². The molecule has 120 valence electrons. The zero-order valence-electron chi connectivity index (χ0n) is 11.3. The van der Waals surface area contributed by atoms with Gasteiger partial charge in [-0.3, -0.25) is 0 Å². The summed E-state index contributed by atoms with van der Waals surface area (Å²) in [4.78, 5) is 15.9. The van der Waals surface area contributed by atoms with Crippen LogP contribution in [0.2, 0.25) is 0 Å². The first kappa shape index (κ1) is 14.9. The molecular formula is C13H13F4N3O2. The van der Waals surface area contributed by atoms with Crippen LogP contribution in [0.5, 0.6) is 0 Å². The topological polar surface area (TPSA) is 65.5 Å². The lowest BCUT2D eigenvalue weighted by atomic mass is 10.1. The fourth-order valence-electron chi connectivity index (χ4n) is 3.28. The van der Waals surface area contributed by atoms with Gasteiger partial charge in [-0.25, -0.2) is 14.2 Å². The third kappa shape index (κ3) is 2.55. The lowest BCUT2D eigenvalue weighted by Crippen LogP contribution is -2.47. The summed E-state index contributed by atoms with van der Waals surface area (Å²) in [5.74, 6) is -1.19. The van der Waals surface area contributed by atoms with Crippen LogP contribution in [-0.2, 0) is 6.18 Å². The molecule has 1 aromatic heterocycles. The van der Waals surface area contributed by atoms with Crippen molar-refractivity contribution in [3.8, 4) is 0 Å². The van der Waals surface area contributed by atoms with Crippen molar-refractivity contribution in [1.82, 2.24) is 9.88 Å². The lowest BCUT2D eigenvalue weighted by molar-refractivity contribution is -0.138. The minimum atomic E-state index is -4.65. The van der Waals surface area contributed by atoms with Crippen LogP contribution >= 0.6 is 0 Å². The van der Waals surface area contributed by atoms with Gasteiger partial charge in [0.1, 0.15) is 0 Å². The van der Waals surface area contributed by atoms with Crippen LogP contribution in [0.3, 0.4) is 0 Å². The van der Waals surface area contributed by atoms with Crippen LogP contribution in [0, 0.1) is 11.7 Å². The Morgan fingerprint density at radius 2 is 2.14 bits per heavy atom. The largest absolute Gasteiger partial charge is 0.465 e. The number of carbonyl (C=O) groups is 1. The van der Waals surface area contributed by atoms with Crippen molar-refractivity contribution in [3.05, 3.63) is 23.6 Å². The fourth-order valence-corrected chi connectivity index (χ4v) is 3.28. The van der Waals surface area contributed by atoms with E-state index in [0.717, 1.165) is 0 Å². The maximum atomic E-state index is 13.8. The Kier molecular flexibility index (Phi) is 3.37. The molecule has 1 saturated heterocycles. The van der Waals surface area contributed by atoms with E-state index >= 15 is 0 Å². The summed E-state index contributed by atoms with van der Waals surface area (Å²) in [5, 5.41) is 11.8. The molecule has 0 radical (unpaired) electrons. The van der Waals surface area contributed by atoms with Crippen LogP contribution in [0.15, 0.2) is 12.3 Å². The molecule has 1 aliphatic heterocycles. The number of anilines is 1. The van der Waals surface area contributed by atoms with Gasteiger partial charge in [-0.15, -0.1) is 0 Å². The smallest absolute Gasteiger partial charge is 0.417 e. The van der Waals surface area contributed by atoms with E-state index in [9.17, 15) is 22.4 Å². The second-order valence-electron chi connectivity index (χ2n) is 5.64. The molecule has 3 rings (SSSR count). The van der Waals surface area contributed by atoms with E-state index in [4.69, 9.17) is 5.11 Å². The summed E-state index contributed by atoms with van der Waals surface area (Å²) in [6, 6.07) is -0.253. The number of likely N-dealkylation sites (tertiary alicyclic amines) is 1. The number of nitrogens with one attached hydrogen (secondary N) is 1. The lowest BCUT2D eigenvalue weighted by Gasteiger charge is -2.32. The predicted octanol–water partition coefficient (Wildman–Crippen LogP) is 2.79. The molecule has 3 atom stereocenters. The number of amides is 1. The van der Waals surface area contributed by atoms with Crippen LogP contribution in [0.4, 0.5) is 28.2 Å². The van der Waals surface area contributed by atoms with Gasteiger partial charge in [-0.05, 0) is 24.8 Å². The highest BCUT2D eigenvalue weighted by Crippen LogP contribution is 2.39. The number of pyridine rings is 1. The Balaban J connectivity index is 1.76. The molecule has 2 aliphatic rings. The molecule has 1 saturated carbocycles. The van der Waals surface area contributed by atoms with Crippen molar-refractivity contribution in [1.29, 1.82) is 0 Å². The molecule has 0 spiro atoms. The van der Waals surface area contributed by atoms with Crippen LogP contribution in [-0.4, -0.2) is 39.7 Å². The molecule has 1 amide bonds. The number of hydrogen-bond acceptors (Lipinski definition) is 3. The molecule has 2 fully saturated rings. The SMILES string of the molecule is O=C(O)N1CC2CC(Nc3ncc(C(F)(F)F)cc3F)C1C2. The van der Waals surface area contributed by atoms with E-state index in [-0.39, 0.29) is 23.8 Å². The monoisotopic (exact) mass is 319 g/mol. The highest BCUT2D eigenvalue weighted by atomic mass is 19.4. The van der Waals surface area contributed by atoms with E-state index in [1.54, 1.807) is 0 Å². The highest BCUT2D eigenvalue weighted by Gasteiger charge is 2.47. The highest BCUT2D eigenvalue weighted by molar-refractivity contribution is 5.66. The summed E-state index contributed by atoms with van der Waals surface area (Å²) < 4.78 is 51.2. The van der Waals surface area contributed by atoms with Crippen molar-refractivity contribution >= 4 is 11.9 Å². The first-order valence-corrected chi connectivity index (χ1v) is 6.74. The average Bonchev–Trinajstić information content (AvgIpc) is 2.99. The Labute approximate surface area is 122 Å². The number of carboxylic acid groups (broad SMARTS) is 1. The maximum absolute atomic E-state index is 13.8. The summed E-state index contributed by atoms with van der Waals surface area (Å²) >= 11 is 0. The second-order valence-corrected chi connectivity index (χ2v) is 5.64. The molecule has 2 N–H and O–H groups in total. The van der Waals surface area contributed by atoms with Gasteiger partial charge < -0.3 is 15.3 Å². The van der Waals surface area contributed by atoms with Gasteiger partial charge in [-0.1, -0.05) is 0 Å². The zero-order chi connectivity index (χ0) is 16.1. The minimum Gasteiger partial charge on any atom is -0.465 e. The molecule has 5 nitrogen and oxygen atoms in total. The predicted molar refractivity (Wildman–Crippen MR) is 67.9 cm³/mol. The Hall–Kier alpha value is -2.06. The second kappa shape index (κ2) is 4.99. The number of aromatic nitrogens is 1. The van der Waals surface area contributed by atoms with Gasteiger partial charge in [0.2, 0.25) is 0 Å². The zero-order valence-corrected chi connectivity index (χ0v) is 11.3. The van der Waals surface area contributed by atoms with Crippen molar-refractivity contribution in [3.63, 3.8) is 0 Å². The third-order valence-corrected chi connectivity index (χ3v) is 4.22. The molecule has 2 heterocycles. The number of alkyl halides is 3. The molecule has 9 heteroatoms. The fraction of sp³-hybridized carbons (Fsp3) is 0.538. The first-order valence-electron chi connectivity index (χ1n) is 6.74. The van der Waals surface area contributed by atoms with E-state index in [2.05, 4.69) is 10.3 Å². The van der Waals surface area contributed by atoms with Gasteiger partial charge in [0, 0.05) is 18.8 Å². The van der Waals surface area contributed by atoms with E-state index in [0.29, 0.717) is 31.6 Å². The summed E-state index contributed by atoms with van der Waals surface area (Å²) in [6.07, 6.45) is -3.81. The number of hydrogen-bond donors (Lipinski definition) is 2. The van der Waals surface area contributed by atoms with Crippen molar-refractivity contribution < 1.29 is 27.5 Å². The molecule has 22 heavy (non-hydrogen) atoms. The summed E-state index contributed by atoms with van der Waals surface area (Å²) in [7, 11) is 0. The molecule has 1 aromatic rings. The number of nitrogens with zero attached hydrogens (tertiary/aromatic N) is 2. The van der Waals surface area contributed by atoms with Crippen LogP contribution in [0.1, 0.15) is 18.4 Å². The minimum absolute atomic E-state index is 0.191. The Morgan fingerprint density at radius 3 is 2.68 bits per heavy atom. The Bertz CT molecular complexity index is 607. The van der Waals surface area contributed by atoms with Crippen LogP contribution < -0.4 is 5.32 Å². The first-order chi connectivity index (χ1) is 10.3. The molecule has 3 unspecified atom stereocenters. The third-order valence-electron chi connectivity index (χ3n) is 4.22. The average molecular weight is 319 g/mol. The quantitative estimate of drug-likeness (QED) is 0.823. The Morgan fingerprint density at radius 1 is 1.41 bits per heavy atom. The van der Waals surface area contributed by atoms with Gasteiger partial charge in [-0.2, -0.15) is 13.2 Å². The number of piperidine rings is 1. The molecule has 0 aromatic carbocycles. The van der Waals surface area contributed by atoms with Gasteiger partial charge >= 0.3 is 12.3 Å². The summed E-state index contributed by atoms with van der Waals surface area (Å²) in [6.45, 7) is 0.446. The number of rotatable bonds is 2. The maximum Gasteiger partial charge on any atom is 0.417 e. The van der Waals surface area contributed by atoms with Gasteiger partial charge in [0.15, 0.2) is 11.6 Å².